The maximum absolute atomic E-state index is 12.0. The van der Waals surface area contributed by atoms with E-state index in [1.165, 1.54) is 6.92 Å². The Morgan fingerprint density at radius 3 is 2.77 bits per heavy atom. The summed E-state index contributed by atoms with van der Waals surface area (Å²) in [6.45, 7) is 1.41. The van der Waals surface area contributed by atoms with Gasteiger partial charge in [0.15, 0.2) is 11.7 Å². The average molecular weight is 359 g/mol. The van der Waals surface area contributed by atoms with Gasteiger partial charge in [0.05, 0.1) is 6.42 Å². The number of benzene rings is 1. The van der Waals surface area contributed by atoms with E-state index >= 15 is 0 Å². The van der Waals surface area contributed by atoms with E-state index in [-0.39, 0.29) is 12.5 Å². The van der Waals surface area contributed by atoms with Crippen LogP contribution >= 0.6 is 0 Å². The first-order valence-corrected chi connectivity index (χ1v) is 8.67. The maximum atomic E-state index is 12.0. The van der Waals surface area contributed by atoms with Crippen molar-refractivity contribution in [1.82, 2.24) is 15.8 Å². The van der Waals surface area contributed by atoms with Crippen LogP contribution in [0.3, 0.4) is 0 Å². The predicted octanol–water partition coefficient (Wildman–Crippen LogP) is 2.07. The van der Waals surface area contributed by atoms with Gasteiger partial charge in [0, 0.05) is 11.4 Å². The number of fused-ring (bicyclic) bond motifs is 1. The lowest BCUT2D eigenvalue weighted by Gasteiger charge is -2.15. The minimum absolute atomic E-state index is 0.0982. The largest absolute Gasteiger partial charge is 0.452 e. The highest BCUT2D eigenvalue weighted by Gasteiger charge is 2.23. The van der Waals surface area contributed by atoms with Crippen LogP contribution in [0.4, 0.5) is 4.79 Å². The number of carbonyl (C=O) groups is 3. The summed E-state index contributed by atoms with van der Waals surface area (Å²) in [5.41, 5.74) is 1.02. The Bertz CT molecular complexity index is 810. The second-order valence-electron chi connectivity index (χ2n) is 6.38. The topological polar surface area (TPSA) is 111 Å². The third-order valence-electron chi connectivity index (χ3n) is 4.37. The Kier molecular flexibility index (Phi) is 5.50. The zero-order chi connectivity index (χ0) is 18.5. The van der Waals surface area contributed by atoms with Crippen LogP contribution in [0.2, 0.25) is 0 Å². The van der Waals surface area contributed by atoms with E-state index in [9.17, 15) is 14.4 Å². The lowest BCUT2D eigenvalue weighted by Crippen LogP contribution is -2.47. The summed E-state index contributed by atoms with van der Waals surface area (Å²) in [5, 5.41) is 9.51. The average Bonchev–Trinajstić information content (AvgIpc) is 3.25. The van der Waals surface area contributed by atoms with E-state index in [1.807, 2.05) is 6.07 Å². The van der Waals surface area contributed by atoms with Crippen LogP contribution in [-0.2, 0) is 20.7 Å². The van der Waals surface area contributed by atoms with Crippen molar-refractivity contribution in [2.24, 2.45) is 0 Å². The number of para-hydroxylation sites is 1. The third kappa shape index (κ3) is 4.38. The zero-order valence-corrected chi connectivity index (χ0v) is 14.5. The monoisotopic (exact) mass is 359 g/mol. The number of amides is 3. The minimum atomic E-state index is -1.09. The van der Waals surface area contributed by atoms with Gasteiger partial charge in [-0.2, -0.15) is 0 Å². The molecule has 1 heterocycles. The molecule has 0 radical (unpaired) electrons. The first-order valence-electron chi connectivity index (χ1n) is 8.67. The lowest BCUT2D eigenvalue weighted by molar-refractivity contribution is -0.153. The summed E-state index contributed by atoms with van der Waals surface area (Å²) in [6.07, 6.45) is 2.77. The van der Waals surface area contributed by atoms with E-state index in [2.05, 4.69) is 15.8 Å². The molecule has 1 aliphatic carbocycles. The zero-order valence-electron chi connectivity index (χ0n) is 14.5. The van der Waals surface area contributed by atoms with Crippen LogP contribution in [0.15, 0.2) is 28.8 Å². The van der Waals surface area contributed by atoms with Crippen LogP contribution in [0, 0.1) is 0 Å². The molecular weight excluding hydrogens is 338 g/mol. The number of rotatable bonds is 5. The number of hydrogen-bond donors (Lipinski definition) is 2. The van der Waals surface area contributed by atoms with Crippen molar-refractivity contribution in [1.29, 1.82) is 0 Å². The molecule has 26 heavy (non-hydrogen) atoms. The Balaban J connectivity index is 1.48. The molecule has 138 valence electrons. The number of esters is 1. The van der Waals surface area contributed by atoms with Crippen molar-refractivity contribution in [3.8, 4) is 0 Å². The molecule has 1 fully saturated rings. The quantitative estimate of drug-likeness (QED) is 0.791. The second kappa shape index (κ2) is 7.99. The number of imide groups is 1. The first kappa shape index (κ1) is 17.9. The highest BCUT2D eigenvalue weighted by atomic mass is 16.5. The highest BCUT2D eigenvalue weighted by molar-refractivity contribution is 5.97. The molecule has 2 N–H and O–H groups in total. The van der Waals surface area contributed by atoms with Crippen LogP contribution in [0.5, 0.6) is 0 Å². The molecule has 0 saturated heterocycles. The number of ether oxygens (including phenoxy) is 1. The number of urea groups is 1. The number of aromatic nitrogens is 1. The van der Waals surface area contributed by atoms with Gasteiger partial charge in [0.25, 0.3) is 5.91 Å². The van der Waals surface area contributed by atoms with E-state index in [0.29, 0.717) is 11.3 Å². The molecule has 2 aromatic rings. The number of carbonyl (C=O) groups excluding carboxylic acids is 3. The van der Waals surface area contributed by atoms with Crippen molar-refractivity contribution < 1.29 is 23.6 Å². The van der Waals surface area contributed by atoms with Crippen LogP contribution in [-0.4, -0.2) is 35.2 Å². The second-order valence-corrected chi connectivity index (χ2v) is 6.38. The molecule has 8 nitrogen and oxygen atoms in total. The first-order chi connectivity index (χ1) is 12.5. The fraction of sp³-hybridized carbons (Fsp3) is 0.444. The molecule has 0 unspecified atom stereocenters. The molecule has 1 aromatic heterocycles. The Morgan fingerprint density at radius 1 is 1.27 bits per heavy atom. The molecule has 0 bridgehead atoms. The van der Waals surface area contributed by atoms with Gasteiger partial charge in [-0.15, -0.1) is 0 Å². The Morgan fingerprint density at radius 2 is 2.00 bits per heavy atom. The molecule has 0 spiro atoms. The summed E-state index contributed by atoms with van der Waals surface area (Å²) in [4.78, 5) is 35.8. The van der Waals surface area contributed by atoms with E-state index in [0.717, 1.165) is 31.1 Å². The summed E-state index contributed by atoms with van der Waals surface area (Å²) >= 11 is 0. The molecule has 3 amide bonds. The summed E-state index contributed by atoms with van der Waals surface area (Å²) < 4.78 is 10.2. The van der Waals surface area contributed by atoms with Gasteiger partial charge in [-0.3, -0.25) is 14.9 Å². The van der Waals surface area contributed by atoms with Crippen LogP contribution in [0.25, 0.3) is 11.0 Å². The normalized spacial score (nSPS) is 15.6. The number of nitrogens with one attached hydrogen (secondary N) is 2. The molecule has 0 aliphatic heterocycles. The Labute approximate surface area is 150 Å². The molecule has 8 heteroatoms. The molecule has 1 atom stereocenters. The molecule has 1 aromatic carbocycles. The van der Waals surface area contributed by atoms with Gasteiger partial charge in [-0.25, -0.2) is 4.79 Å². The van der Waals surface area contributed by atoms with Gasteiger partial charge >= 0.3 is 12.0 Å². The summed E-state index contributed by atoms with van der Waals surface area (Å²) in [5.74, 6) is -1.29. The van der Waals surface area contributed by atoms with Gasteiger partial charge in [-0.1, -0.05) is 30.1 Å². The van der Waals surface area contributed by atoms with Crippen LogP contribution in [0.1, 0.15) is 38.3 Å². The molecular formula is C18H21N3O5. The van der Waals surface area contributed by atoms with Gasteiger partial charge in [-0.05, 0) is 31.9 Å². The van der Waals surface area contributed by atoms with Crippen molar-refractivity contribution in [3.63, 3.8) is 0 Å². The summed E-state index contributed by atoms with van der Waals surface area (Å²) in [7, 11) is 0. The smallest absolute Gasteiger partial charge is 0.321 e. The van der Waals surface area contributed by atoms with Gasteiger partial charge < -0.3 is 14.6 Å². The van der Waals surface area contributed by atoms with Crippen molar-refractivity contribution in [2.45, 2.75) is 51.2 Å². The van der Waals surface area contributed by atoms with E-state index < -0.39 is 24.0 Å². The minimum Gasteiger partial charge on any atom is -0.452 e. The van der Waals surface area contributed by atoms with E-state index in [1.54, 1.807) is 18.2 Å². The lowest BCUT2D eigenvalue weighted by atomic mass is 10.2. The summed E-state index contributed by atoms with van der Waals surface area (Å²) in [6, 6.07) is 6.69. The van der Waals surface area contributed by atoms with Crippen LogP contribution < -0.4 is 10.6 Å². The Hall–Kier alpha value is -2.90. The van der Waals surface area contributed by atoms with Crippen molar-refractivity contribution in [3.05, 3.63) is 30.0 Å². The predicted molar refractivity (Wildman–Crippen MR) is 92.2 cm³/mol. The van der Waals surface area contributed by atoms with Crippen molar-refractivity contribution >= 4 is 28.9 Å². The van der Waals surface area contributed by atoms with Gasteiger partial charge in [0.2, 0.25) is 0 Å². The number of hydrogen-bond acceptors (Lipinski definition) is 6. The maximum Gasteiger partial charge on any atom is 0.321 e. The van der Waals surface area contributed by atoms with E-state index in [4.69, 9.17) is 9.26 Å². The number of nitrogens with zero attached hydrogens (tertiary/aromatic N) is 1. The molecule has 1 aliphatic rings. The fourth-order valence-electron chi connectivity index (χ4n) is 3.00. The highest BCUT2D eigenvalue weighted by Crippen LogP contribution is 2.19. The molecule has 1 saturated carbocycles. The standard InChI is InChI=1S/C18H21N3O5/c1-11(17(23)20-18(24)19-12-6-2-3-7-12)25-16(22)10-14-13-8-4-5-9-15(13)26-21-14/h4-5,8-9,11-12H,2-3,6-7,10H2,1H3,(H2,19,20,23,24)/t11-/m0/s1. The fourth-order valence-corrected chi connectivity index (χ4v) is 3.00. The molecule has 3 rings (SSSR count). The SMILES string of the molecule is C[C@H](OC(=O)Cc1noc2ccccc12)C(=O)NC(=O)NC1CCCC1. The third-order valence-corrected chi connectivity index (χ3v) is 4.37. The van der Waals surface area contributed by atoms with Crippen molar-refractivity contribution in [2.75, 3.05) is 0 Å². The van der Waals surface area contributed by atoms with Gasteiger partial charge in [0.1, 0.15) is 5.69 Å².